The second kappa shape index (κ2) is 9.20. The number of likely N-dealkylation sites (tertiary alicyclic amines) is 1. The van der Waals surface area contributed by atoms with Crippen LogP contribution in [0.25, 0.3) is 0 Å². The maximum absolute atomic E-state index is 13.2. The monoisotopic (exact) mass is 442 g/mol. The number of aromatic nitrogens is 2. The summed E-state index contributed by atoms with van der Waals surface area (Å²) in [6.45, 7) is 4.29. The van der Waals surface area contributed by atoms with Crippen LogP contribution in [0.2, 0.25) is 0 Å². The zero-order valence-electron chi connectivity index (χ0n) is 18.6. The number of Topliss-reactive ketones (excluding diaryl/α,β-unsaturated/α-hetero) is 1. The lowest BCUT2D eigenvalue weighted by atomic mass is 10.0. The van der Waals surface area contributed by atoms with Gasteiger partial charge >= 0.3 is 5.69 Å². The Bertz CT molecular complexity index is 1140. The fourth-order valence-corrected chi connectivity index (χ4v) is 4.53. The summed E-state index contributed by atoms with van der Waals surface area (Å²) >= 11 is 0. The van der Waals surface area contributed by atoms with Crippen LogP contribution in [0.5, 0.6) is 11.5 Å². The summed E-state index contributed by atoms with van der Waals surface area (Å²) in [6, 6.07) is 5.95. The van der Waals surface area contributed by atoms with E-state index in [9.17, 15) is 14.4 Å². The Labute approximate surface area is 186 Å². The Kier molecular flexibility index (Phi) is 6.36. The molecule has 1 fully saturated rings. The van der Waals surface area contributed by atoms with E-state index in [1.54, 1.807) is 0 Å². The Morgan fingerprint density at radius 1 is 1.16 bits per heavy atom. The predicted octanol–water partition coefficient (Wildman–Crippen LogP) is 1.72. The summed E-state index contributed by atoms with van der Waals surface area (Å²) in [5.74, 6) is 1.05. The van der Waals surface area contributed by atoms with Crippen LogP contribution in [-0.4, -0.2) is 46.1 Å². The number of hydrogen-bond acceptors (Lipinski definition) is 7. The molecule has 1 saturated heterocycles. The second-order valence-corrected chi connectivity index (χ2v) is 8.37. The van der Waals surface area contributed by atoms with Gasteiger partial charge in [-0.3, -0.25) is 23.6 Å². The summed E-state index contributed by atoms with van der Waals surface area (Å²) in [7, 11) is 1.38. The number of carbonyl (C=O) groups is 1. The van der Waals surface area contributed by atoms with Crippen LogP contribution < -0.4 is 26.5 Å². The van der Waals surface area contributed by atoms with Crippen LogP contribution in [0, 0.1) is 0 Å². The molecule has 2 aliphatic heterocycles. The van der Waals surface area contributed by atoms with Gasteiger partial charge in [0.05, 0.1) is 19.8 Å². The molecule has 0 radical (unpaired) electrons. The van der Waals surface area contributed by atoms with Gasteiger partial charge in [-0.15, -0.1) is 0 Å². The Morgan fingerprint density at radius 2 is 1.91 bits per heavy atom. The van der Waals surface area contributed by atoms with Crippen molar-refractivity contribution in [1.82, 2.24) is 14.0 Å². The number of nitrogen functional groups attached to an aromatic ring is 1. The summed E-state index contributed by atoms with van der Waals surface area (Å²) < 4.78 is 13.8. The van der Waals surface area contributed by atoms with Crippen molar-refractivity contribution in [1.29, 1.82) is 0 Å². The van der Waals surface area contributed by atoms with Gasteiger partial charge in [0, 0.05) is 26.1 Å². The highest BCUT2D eigenvalue weighted by atomic mass is 16.5. The minimum Gasteiger partial charge on any atom is -0.490 e. The number of nitrogens with two attached hydrogens (primary N) is 1. The highest BCUT2D eigenvalue weighted by Gasteiger charge is 2.31. The molecule has 1 aromatic carbocycles. The molecule has 2 aliphatic rings. The fourth-order valence-electron chi connectivity index (χ4n) is 4.53. The summed E-state index contributed by atoms with van der Waals surface area (Å²) in [5, 5.41) is 0. The third-order valence-electron chi connectivity index (χ3n) is 6.18. The molecule has 4 rings (SSSR count). The van der Waals surface area contributed by atoms with Gasteiger partial charge in [-0.1, -0.05) is 13.0 Å². The average molecular weight is 443 g/mol. The molecule has 1 atom stereocenters. The summed E-state index contributed by atoms with van der Waals surface area (Å²) in [4.78, 5) is 40.4. The lowest BCUT2D eigenvalue weighted by Gasteiger charge is -2.25. The number of ketones is 1. The Balaban J connectivity index is 1.61. The molecule has 3 heterocycles. The van der Waals surface area contributed by atoms with E-state index in [0.29, 0.717) is 26.2 Å². The average Bonchev–Trinajstić information content (AvgIpc) is 3.10. The molecule has 172 valence electrons. The zero-order chi connectivity index (χ0) is 22.8. The van der Waals surface area contributed by atoms with Crippen molar-refractivity contribution in [2.45, 2.75) is 45.2 Å². The van der Waals surface area contributed by atoms with Crippen molar-refractivity contribution < 1.29 is 14.3 Å². The highest BCUT2D eigenvalue weighted by Crippen LogP contribution is 2.37. The third-order valence-corrected chi connectivity index (χ3v) is 6.18. The van der Waals surface area contributed by atoms with Crippen molar-refractivity contribution in [2.24, 2.45) is 7.05 Å². The number of nitrogens with zero attached hydrogens (tertiary/aromatic N) is 3. The maximum atomic E-state index is 13.2. The topological polar surface area (TPSA) is 109 Å². The molecule has 0 amide bonds. The summed E-state index contributed by atoms with van der Waals surface area (Å²) in [5.41, 5.74) is 5.93. The number of ether oxygens (including phenoxy) is 2. The number of anilines is 1. The van der Waals surface area contributed by atoms with E-state index >= 15 is 0 Å². The SMILES string of the molecule is CCCn1c(N)c(C(=O)CN2CCC[C@H]2c2ccc3c(c2)OCCCO3)c(=O)n(C)c1=O. The van der Waals surface area contributed by atoms with Gasteiger partial charge in [0.25, 0.3) is 5.56 Å². The minimum atomic E-state index is -0.642. The number of hydrogen-bond donors (Lipinski definition) is 1. The zero-order valence-corrected chi connectivity index (χ0v) is 18.6. The van der Waals surface area contributed by atoms with E-state index in [4.69, 9.17) is 15.2 Å². The van der Waals surface area contributed by atoms with Crippen molar-refractivity contribution in [3.63, 3.8) is 0 Å². The number of fused-ring (bicyclic) bond motifs is 1. The third kappa shape index (κ3) is 4.04. The molecule has 0 saturated carbocycles. The van der Waals surface area contributed by atoms with Gasteiger partial charge < -0.3 is 15.2 Å². The molecule has 9 nitrogen and oxygen atoms in total. The van der Waals surface area contributed by atoms with Crippen LogP contribution >= 0.6 is 0 Å². The van der Waals surface area contributed by atoms with Gasteiger partial charge in [-0.25, -0.2) is 4.79 Å². The molecule has 2 aromatic rings. The Morgan fingerprint density at radius 3 is 2.66 bits per heavy atom. The first-order chi connectivity index (χ1) is 15.4. The molecular weight excluding hydrogens is 412 g/mol. The quantitative estimate of drug-likeness (QED) is 0.679. The van der Waals surface area contributed by atoms with Gasteiger partial charge in [-0.05, 0) is 43.5 Å². The smallest absolute Gasteiger partial charge is 0.332 e. The van der Waals surface area contributed by atoms with E-state index in [-0.39, 0.29) is 29.8 Å². The van der Waals surface area contributed by atoms with Gasteiger partial charge in [-0.2, -0.15) is 0 Å². The molecule has 0 unspecified atom stereocenters. The first kappa shape index (κ1) is 22.1. The minimum absolute atomic E-state index is 0.0303. The van der Waals surface area contributed by atoms with E-state index in [2.05, 4.69) is 4.90 Å². The van der Waals surface area contributed by atoms with Crippen molar-refractivity contribution in [2.75, 3.05) is 32.0 Å². The number of benzene rings is 1. The van der Waals surface area contributed by atoms with Crippen LogP contribution in [0.4, 0.5) is 5.82 Å². The number of carbonyl (C=O) groups excluding carboxylic acids is 1. The first-order valence-electron chi connectivity index (χ1n) is 11.2. The molecule has 0 spiro atoms. The normalized spacial score (nSPS) is 18.5. The standard InChI is InChI=1S/C23H30N4O5/c1-3-9-27-21(24)20(22(29)25(2)23(27)30)17(28)14-26-10-4-6-16(26)15-7-8-18-19(13-15)32-12-5-11-31-18/h7-8,13,16H,3-6,9-12,14,24H2,1-2H3/t16-/m0/s1. The predicted molar refractivity (Wildman–Crippen MR) is 121 cm³/mol. The van der Waals surface area contributed by atoms with E-state index in [0.717, 1.165) is 47.4 Å². The van der Waals surface area contributed by atoms with Gasteiger partial charge in [0.1, 0.15) is 11.4 Å². The summed E-state index contributed by atoms with van der Waals surface area (Å²) in [6.07, 6.45) is 3.34. The molecule has 0 aliphatic carbocycles. The van der Waals surface area contributed by atoms with Gasteiger partial charge in [0.2, 0.25) is 0 Å². The molecule has 1 aromatic heterocycles. The van der Waals surface area contributed by atoms with Crippen molar-refractivity contribution in [3.05, 3.63) is 50.2 Å². The van der Waals surface area contributed by atoms with E-state index < -0.39 is 11.2 Å². The molecule has 2 N–H and O–H groups in total. The molecule has 32 heavy (non-hydrogen) atoms. The molecule has 0 bridgehead atoms. The molecule has 9 heteroatoms. The van der Waals surface area contributed by atoms with Crippen LogP contribution in [0.1, 0.15) is 54.6 Å². The fraction of sp³-hybridized carbons (Fsp3) is 0.522. The van der Waals surface area contributed by atoms with Crippen LogP contribution in [-0.2, 0) is 13.6 Å². The first-order valence-corrected chi connectivity index (χ1v) is 11.2. The second-order valence-electron chi connectivity index (χ2n) is 8.37. The Hall–Kier alpha value is -3.07. The van der Waals surface area contributed by atoms with Crippen LogP contribution in [0.3, 0.4) is 0 Å². The lowest BCUT2D eigenvalue weighted by Crippen LogP contribution is -2.44. The number of rotatable bonds is 6. The largest absolute Gasteiger partial charge is 0.490 e. The van der Waals surface area contributed by atoms with Crippen LogP contribution in [0.15, 0.2) is 27.8 Å². The van der Waals surface area contributed by atoms with E-state index in [1.165, 1.54) is 11.6 Å². The highest BCUT2D eigenvalue weighted by molar-refractivity contribution is 6.01. The lowest BCUT2D eigenvalue weighted by molar-refractivity contribution is 0.0919. The van der Waals surface area contributed by atoms with Gasteiger partial charge in [0.15, 0.2) is 17.3 Å². The van der Waals surface area contributed by atoms with Crippen molar-refractivity contribution >= 4 is 11.6 Å². The van der Waals surface area contributed by atoms with Crippen molar-refractivity contribution in [3.8, 4) is 11.5 Å². The maximum Gasteiger partial charge on any atom is 0.332 e. The van der Waals surface area contributed by atoms with E-state index in [1.807, 2.05) is 25.1 Å². The molecular formula is C23H30N4O5.